The third-order valence-electron chi connectivity index (χ3n) is 3.44. The molecule has 3 aromatic heterocycles. The molecular weight excluding hydrogens is 386 g/mol. The molecule has 7 heteroatoms. The molecule has 0 unspecified atom stereocenters. The second kappa shape index (κ2) is 9.47. The smallest absolute Gasteiger partial charge is 0.340 e. The van der Waals surface area contributed by atoms with Gasteiger partial charge in [0.15, 0.2) is 6.61 Å². The number of esters is 1. The van der Waals surface area contributed by atoms with E-state index in [9.17, 15) is 9.59 Å². The van der Waals surface area contributed by atoms with Gasteiger partial charge in [-0.25, -0.2) is 4.79 Å². The zero-order valence-corrected chi connectivity index (χ0v) is 16.3. The Bertz CT molecular complexity index is 850. The maximum absolute atomic E-state index is 12.5. The Morgan fingerprint density at radius 2 is 1.77 bits per heavy atom. The van der Waals surface area contributed by atoms with E-state index in [0.717, 1.165) is 16.2 Å². The lowest BCUT2D eigenvalue weighted by atomic mass is 10.2. The lowest BCUT2D eigenvalue weighted by Gasteiger charge is -2.08. The third kappa shape index (κ3) is 5.39. The minimum atomic E-state index is -0.491. The first-order valence-electron chi connectivity index (χ1n) is 7.97. The molecule has 0 atom stereocenters. The van der Waals surface area contributed by atoms with Crippen molar-refractivity contribution in [2.75, 3.05) is 13.2 Å². The summed E-state index contributed by atoms with van der Waals surface area (Å²) in [4.78, 5) is 27.4. The molecule has 0 aliphatic rings. The van der Waals surface area contributed by atoms with Crippen LogP contribution in [0.2, 0.25) is 0 Å². The van der Waals surface area contributed by atoms with Gasteiger partial charge in [-0.1, -0.05) is 18.2 Å². The zero-order chi connectivity index (χ0) is 18.2. The van der Waals surface area contributed by atoms with E-state index in [1.807, 2.05) is 52.5 Å². The molecule has 1 N–H and O–H groups in total. The van der Waals surface area contributed by atoms with Gasteiger partial charge < -0.3 is 10.1 Å². The van der Waals surface area contributed by atoms with Crippen LogP contribution in [0, 0.1) is 0 Å². The van der Waals surface area contributed by atoms with Crippen LogP contribution in [-0.4, -0.2) is 25.0 Å². The van der Waals surface area contributed by atoms with Gasteiger partial charge in [-0.3, -0.25) is 4.79 Å². The standard InChI is InChI=1S/C19H17NO3S3/c21-18(20-8-7-14-4-1-9-24-14)13-23-19(22)16(17-6-3-11-26-17)12-15-5-2-10-25-15/h1-6,9-12H,7-8,13H2,(H,20,21)/b16-12+. The molecule has 3 rings (SSSR count). The van der Waals surface area contributed by atoms with Crippen LogP contribution in [0.25, 0.3) is 11.6 Å². The number of rotatable bonds is 8. The molecule has 0 fully saturated rings. The van der Waals surface area contributed by atoms with Gasteiger partial charge >= 0.3 is 5.97 Å². The van der Waals surface area contributed by atoms with Crippen LogP contribution in [0.4, 0.5) is 0 Å². The summed E-state index contributed by atoms with van der Waals surface area (Å²) in [6.45, 7) is 0.246. The van der Waals surface area contributed by atoms with E-state index in [2.05, 4.69) is 5.32 Å². The Morgan fingerprint density at radius 1 is 1.00 bits per heavy atom. The van der Waals surface area contributed by atoms with Crippen LogP contribution in [0.5, 0.6) is 0 Å². The van der Waals surface area contributed by atoms with Gasteiger partial charge in [-0.15, -0.1) is 34.0 Å². The SMILES string of the molecule is O=C(COC(=O)/C(=C/c1cccs1)c1cccs1)NCCc1cccs1. The van der Waals surface area contributed by atoms with Crippen LogP contribution in [0.1, 0.15) is 14.6 Å². The van der Waals surface area contributed by atoms with Crippen molar-refractivity contribution in [3.8, 4) is 0 Å². The summed E-state index contributed by atoms with van der Waals surface area (Å²) in [5.41, 5.74) is 0.467. The molecule has 1 amide bonds. The monoisotopic (exact) mass is 403 g/mol. The van der Waals surface area contributed by atoms with E-state index in [1.165, 1.54) is 16.2 Å². The highest BCUT2D eigenvalue weighted by Crippen LogP contribution is 2.25. The molecule has 0 saturated heterocycles. The number of ether oxygens (including phenoxy) is 1. The average molecular weight is 404 g/mol. The Hall–Kier alpha value is -2.22. The Labute approximate surface area is 163 Å². The molecule has 0 radical (unpaired) electrons. The van der Waals surface area contributed by atoms with Crippen molar-refractivity contribution < 1.29 is 14.3 Å². The number of hydrogen-bond acceptors (Lipinski definition) is 6. The van der Waals surface area contributed by atoms with Crippen molar-refractivity contribution in [1.82, 2.24) is 5.32 Å². The number of nitrogens with one attached hydrogen (secondary N) is 1. The highest BCUT2D eigenvalue weighted by Gasteiger charge is 2.16. The molecule has 0 aliphatic carbocycles. The van der Waals surface area contributed by atoms with E-state index < -0.39 is 5.97 Å². The summed E-state index contributed by atoms with van der Waals surface area (Å²) in [5, 5.41) is 8.63. The normalized spacial score (nSPS) is 11.3. The Balaban J connectivity index is 1.53. The van der Waals surface area contributed by atoms with Crippen LogP contribution in [0.15, 0.2) is 52.5 Å². The fourth-order valence-electron chi connectivity index (χ4n) is 2.22. The Kier molecular flexibility index (Phi) is 6.76. The van der Waals surface area contributed by atoms with E-state index in [1.54, 1.807) is 28.7 Å². The van der Waals surface area contributed by atoms with Crippen molar-refractivity contribution in [1.29, 1.82) is 0 Å². The number of hydrogen-bond donors (Lipinski definition) is 1. The van der Waals surface area contributed by atoms with Crippen molar-refractivity contribution in [2.24, 2.45) is 0 Å². The summed E-state index contributed by atoms with van der Waals surface area (Å²) < 4.78 is 5.22. The molecule has 4 nitrogen and oxygen atoms in total. The third-order valence-corrected chi connectivity index (χ3v) is 6.10. The van der Waals surface area contributed by atoms with Crippen LogP contribution < -0.4 is 5.32 Å². The van der Waals surface area contributed by atoms with Crippen molar-refractivity contribution in [3.63, 3.8) is 0 Å². The van der Waals surface area contributed by atoms with E-state index >= 15 is 0 Å². The van der Waals surface area contributed by atoms with Gasteiger partial charge in [-0.2, -0.15) is 0 Å². The molecule has 0 saturated carbocycles. The van der Waals surface area contributed by atoms with E-state index in [-0.39, 0.29) is 12.5 Å². The molecular formula is C19H17NO3S3. The summed E-state index contributed by atoms with van der Waals surface area (Å²) >= 11 is 4.66. The lowest BCUT2D eigenvalue weighted by Crippen LogP contribution is -2.30. The maximum Gasteiger partial charge on any atom is 0.340 e. The molecule has 0 spiro atoms. The molecule has 3 heterocycles. The quantitative estimate of drug-likeness (QED) is 0.450. The number of carbonyl (C=O) groups excluding carboxylic acids is 2. The van der Waals surface area contributed by atoms with Gasteiger partial charge in [0, 0.05) is 21.2 Å². The first-order chi connectivity index (χ1) is 12.7. The van der Waals surface area contributed by atoms with Gasteiger partial charge in [0.2, 0.25) is 0 Å². The van der Waals surface area contributed by atoms with Gasteiger partial charge in [0.25, 0.3) is 5.91 Å². The van der Waals surface area contributed by atoms with Gasteiger partial charge in [0.1, 0.15) is 0 Å². The first-order valence-corrected chi connectivity index (χ1v) is 10.6. The second-order valence-electron chi connectivity index (χ2n) is 5.31. The highest BCUT2D eigenvalue weighted by molar-refractivity contribution is 7.12. The summed E-state index contributed by atoms with van der Waals surface area (Å²) in [5.74, 6) is -0.786. The van der Waals surface area contributed by atoms with Crippen LogP contribution >= 0.6 is 34.0 Å². The van der Waals surface area contributed by atoms with E-state index in [4.69, 9.17) is 4.74 Å². The van der Waals surface area contributed by atoms with Gasteiger partial charge in [0.05, 0.1) is 5.57 Å². The van der Waals surface area contributed by atoms with Crippen molar-refractivity contribution in [2.45, 2.75) is 6.42 Å². The lowest BCUT2D eigenvalue weighted by molar-refractivity contribution is -0.142. The van der Waals surface area contributed by atoms with Gasteiger partial charge in [-0.05, 0) is 46.8 Å². The molecule has 0 bridgehead atoms. The van der Waals surface area contributed by atoms with Crippen molar-refractivity contribution in [3.05, 3.63) is 67.2 Å². The molecule has 3 aromatic rings. The average Bonchev–Trinajstić information content (AvgIpc) is 3.41. The van der Waals surface area contributed by atoms with E-state index in [0.29, 0.717) is 12.1 Å². The fourth-order valence-corrected chi connectivity index (χ4v) is 4.31. The molecule has 134 valence electrons. The number of amides is 1. The molecule has 0 aromatic carbocycles. The van der Waals surface area contributed by atoms with Crippen LogP contribution in [-0.2, 0) is 20.7 Å². The highest BCUT2D eigenvalue weighted by atomic mass is 32.1. The summed E-state index contributed by atoms with van der Waals surface area (Å²) in [7, 11) is 0. The predicted molar refractivity (Wildman–Crippen MR) is 109 cm³/mol. The summed E-state index contributed by atoms with van der Waals surface area (Å²) in [6, 6.07) is 11.6. The van der Waals surface area contributed by atoms with Crippen LogP contribution in [0.3, 0.4) is 0 Å². The minimum absolute atomic E-state index is 0.281. The Morgan fingerprint density at radius 3 is 2.46 bits per heavy atom. The predicted octanol–water partition coefficient (Wildman–Crippen LogP) is 4.31. The maximum atomic E-state index is 12.5. The molecule has 26 heavy (non-hydrogen) atoms. The largest absolute Gasteiger partial charge is 0.452 e. The first kappa shape index (κ1) is 18.6. The molecule has 0 aliphatic heterocycles. The fraction of sp³-hybridized carbons (Fsp3) is 0.158. The van der Waals surface area contributed by atoms with Crippen molar-refractivity contribution >= 4 is 57.5 Å². The zero-order valence-electron chi connectivity index (χ0n) is 13.8. The minimum Gasteiger partial charge on any atom is -0.452 e. The second-order valence-corrected chi connectivity index (χ2v) is 8.27. The number of carbonyl (C=O) groups is 2. The summed E-state index contributed by atoms with van der Waals surface area (Å²) in [6.07, 6.45) is 2.57. The topological polar surface area (TPSA) is 55.4 Å². The number of thiophene rings is 3.